The van der Waals surface area contributed by atoms with Gasteiger partial charge in [0.25, 0.3) is 0 Å². The molecule has 0 aliphatic heterocycles. The Hall–Kier alpha value is -4.21. The fourth-order valence-corrected chi connectivity index (χ4v) is 3.46. The summed E-state index contributed by atoms with van der Waals surface area (Å²) in [6, 6.07) is 15.0. The van der Waals surface area contributed by atoms with Gasteiger partial charge in [0.1, 0.15) is 10.8 Å². The van der Waals surface area contributed by atoms with Crippen molar-refractivity contribution in [2.24, 2.45) is 0 Å². The summed E-state index contributed by atoms with van der Waals surface area (Å²) in [7, 11) is 5.43. The van der Waals surface area contributed by atoms with Crippen LogP contribution >= 0.6 is 11.6 Å². The van der Waals surface area contributed by atoms with Gasteiger partial charge in [-0.3, -0.25) is 9.78 Å². The molecular formula is C26H26ClN7O2. The van der Waals surface area contributed by atoms with Crippen LogP contribution in [0.2, 0.25) is 5.02 Å². The van der Waals surface area contributed by atoms with E-state index in [0.29, 0.717) is 34.5 Å². The number of anilines is 5. The molecule has 9 nitrogen and oxygen atoms in total. The van der Waals surface area contributed by atoms with E-state index in [1.165, 1.54) is 12.3 Å². The summed E-state index contributed by atoms with van der Waals surface area (Å²) < 4.78 is 5.35. The Balaban J connectivity index is 1.56. The predicted molar refractivity (Wildman–Crippen MR) is 145 cm³/mol. The van der Waals surface area contributed by atoms with Gasteiger partial charge in [0, 0.05) is 24.1 Å². The van der Waals surface area contributed by atoms with Gasteiger partial charge >= 0.3 is 0 Å². The molecule has 0 saturated carbocycles. The normalized spacial score (nSPS) is 11.1. The second-order valence-corrected chi connectivity index (χ2v) is 8.53. The van der Waals surface area contributed by atoms with Crippen LogP contribution in [0.3, 0.4) is 0 Å². The number of ether oxygens (including phenoxy) is 1. The first kappa shape index (κ1) is 24.9. The first-order valence-corrected chi connectivity index (χ1v) is 11.5. The standard InChI is InChI=1S/C26H26ClN7O2/c1-34(2)12-6-9-24(35)31-22-11-10-19(36-3)14-23(22)32-26-29-16-20(27)25(33-26)30-18-13-17-7-4-5-8-21(17)28-15-18/h4-11,13-16H,12H2,1-3H3,(H,31,35)(H2,29,30,32,33)/b9-6+. The first-order valence-electron chi connectivity index (χ1n) is 11.1. The zero-order chi connectivity index (χ0) is 25.5. The number of fused-ring (bicyclic) bond motifs is 1. The Morgan fingerprint density at radius 1 is 1.06 bits per heavy atom. The Morgan fingerprint density at radius 3 is 2.69 bits per heavy atom. The molecule has 0 unspecified atom stereocenters. The van der Waals surface area contributed by atoms with Crippen LogP contribution in [0.5, 0.6) is 5.75 Å². The maximum atomic E-state index is 12.4. The molecule has 0 aliphatic carbocycles. The van der Waals surface area contributed by atoms with Crippen LogP contribution < -0.4 is 20.7 Å². The molecule has 184 valence electrons. The minimum atomic E-state index is -0.256. The van der Waals surface area contributed by atoms with E-state index < -0.39 is 0 Å². The number of pyridine rings is 1. The van der Waals surface area contributed by atoms with Gasteiger partial charge in [0.15, 0.2) is 5.82 Å². The highest BCUT2D eigenvalue weighted by molar-refractivity contribution is 6.32. The highest BCUT2D eigenvalue weighted by atomic mass is 35.5. The number of methoxy groups -OCH3 is 1. The van der Waals surface area contributed by atoms with Gasteiger partial charge in [-0.1, -0.05) is 35.9 Å². The molecule has 0 fully saturated rings. The number of para-hydroxylation sites is 1. The lowest BCUT2D eigenvalue weighted by Crippen LogP contribution is -2.13. The van der Waals surface area contributed by atoms with Gasteiger partial charge in [-0.05, 0) is 38.4 Å². The molecule has 4 aromatic rings. The van der Waals surface area contributed by atoms with Crippen LogP contribution in [-0.2, 0) is 4.79 Å². The summed E-state index contributed by atoms with van der Waals surface area (Å²) in [4.78, 5) is 27.6. The molecule has 10 heteroatoms. The Morgan fingerprint density at radius 2 is 1.89 bits per heavy atom. The maximum absolute atomic E-state index is 12.4. The molecule has 2 aromatic carbocycles. The van der Waals surface area contributed by atoms with Crippen LogP contribution in [0.1, 0.15) is 0 Å². The SMILES string of the molecule is COc1ccc(NC(=O)/C=C/CN(C)C)c(Nc2ncc(Cl)c(Nc3cnc4ccccc4c3)n2)c1. The van der Waals surface area contributed by atoms with Crippen molar-refractivity contribution >= 4 is 57.2 Å². The van der Waals surface area contributed by atoms with Crippen LogP contribution in [0.4, 0.5) is 28.8 Å². The van der Waals surface area contributed by atoms with E-state index in [9.17, 15) is 4.79 Å². The smallest absolute Gasteiger partial charge is 0.248 e. The molecule has 2 aromatic heterocycles. The van der Waals surface area contributed by atoms with Crippen molar-refractivity contribution < 1.29 is 9.53 Å². The second-order valence-electron chi connectivity index (χ2n) is 8.12. The quantitative estimate of drug-likeness (QED) is 0.267. The second kappa shape index (κ2) is 11.5. The predicted octanol–water partition coefficient (Wildman–Crippen LogP) is 5.23. The van der Waals surface area contributed by atoms with E-state index >= 15 is 0 Å². The topological polar surface area (TPSA) is 104 Å². The van der Waals surface area contributed by atoms with Crippen molar-refractivity contribution in [1.29, 1.82) is 0 Å². The summed E-state index contributed by atoms with van der Waals surface area (Å²) in [5, 5.41) is 10.6. The van der Waals surface area contributed by atoms with Crippen molar-refractivity contribution in [3.05, 3.63) is 78.1 Å². The van der Waals surface area contributed by atoms with Crippen molar-refractivity contribution in [3.8, 4) is 5.75 Å². The third kappa shape index (κ3) is 6.47. The number of hydrogen-bond acceptors (Lipinski definition) is 8. The molecule has 0 aliphatic rings. The van der Waals surface area contributed by atoms with Crippen molar-refractivity contribution in [1.82, 2.24) is 19.9 Å². The maximum Gasteiger partial charge on any atom is 0.248 e. The molecule has 1 amide bonds. The third-order valence-electron chi connectivity index (χ3n) is 5.07. The molecule has 3 N–H and O–H groups in total. The van der Waals surface area contributed by atoms with E-state index in [-0.39, 0.29) is 11.9 Å². The van der Waals surface area contributed by atoms with Gasteiger partial charge in [0.05, 0.1) is 42.1 Å². The molecule has 0 bridgehead atoms. The number of aromatic nitrogens is 3. The summed E-state index contributed by atoms with van der Waals surface area (Å²) in [6.07, 6.45) is 6.49. The molecule has 36 heavy (non-hydrogen) atoms. The number of amides is 1. The number of hydrogen-bond donors (Lipinski definition) is 3. The Labute approximate surface area is 214 Å². The number of halogens is 1. The number of carbonyl (C=O) groups is 1. The lowest BCUT2D eigenvalue weighted by molar-refractivity contribution is -0.111. The van der Waals surface area contributed by atoms with E-state index in [1.807, 2.05) is 49.3 Å². The summed E-state index contributed by atoms with van der Waals surface area (Å²) >= 11 is 6.36. The fourth-order valence-electron chi connectivity index (χ4n) is 3.32. The van der Waals surface area contributed by atoms with E-state index in [1.54, 1.807) is 37.6 Å². The van der Waals surface area contributed by atoms with E-state index in [2.05, 4.69) is 30.9 Å². The molecule has 0 radical (unpaired) electrons. The molecule has 0 spiro atoms. The van der Waals surface area contributed by atoms with Crippen LogP contribution in [0.15, 0.2) is 73.1 Å². The zero-order valence-electron chi connectivity index (χ0n) is 20.1. The lowest BCUT2D eigenvalue weighted by atomic mass is 10.2. The number of nitrogens with one attached hydrogen (secondary N) is 3. The number of rotatable bonds is 9. The van der Waals surface area contributed by atoms with E-state index in [4.69, 9.17) is 16.3 Å². The van der Waals surface area contributed by atoms with Crippen molar-refractivity contribution in [3.63, 3.8) is 0 Å². The van der Waals surface area contributed by atoms with Crippen LogP contribution in [0.25, 0.3) is 10.9 Å². The highest BCUT2D eigenvalue weighted by Gasteiger charge is 2.12. The lowest BCUT2D eigenvalue weighted by Gasteiger charge is -2.14. The van der Waals surface area contributed by atoms with Gasteiger partial charge in [-0.15, -0.1) is 0 Å². The van der Waals surface area contributed by atoms with Crippen LogP contribution in [0, 0.1) is 0 Å². The molecular weight excluding hydrogens is 478 g/mol. The Bertz CT molecular complexity index is 1410. The molecule has 2 heterocycles. The number of carbonyl (C=O) groups excluding carboxylic acids is 1. The number of likely N-dealkylation sites (N-methyl/N-ethyl adjacent to an activating group) is 1. The van der Waals surface area contributed by atoms with Gasteiger partial charge in [0.2, 0.25) is 11.9 Å². The van der Waals surface area contributed by atoms with E-state index in [0.717, 1.165) is 16.6 Å². The van der Waals surface area contributed by atoms with Gasteiger partial charge in [-0.25, -0.2) is 4.98 Å². The first-order chi connectivity index (χ1) is 17.4. The molecule has 4 rings (SSSR count). The zero-order valence-corrected chi connectivity index (χ0v) is 20.9. The van der Waals surface area contributed by atoms with Crippen molar-refractivity contribution in [2.75, 3.05) is 43.7 Å². The van der Waals surface area contributed by atoms with Crippen molar-refractivity contribution in [2.45, 2.75) is 0 Å². The highest BCUT2D eigenvalue weighted by Crippen LogP contribution is 2.31. The average molecular weight is 504 g/mol. The fraction of sp³-hybridized carbons (Fsp3) is 0.154. The van der Waals surface area contributed by atoms with Gasteiger partial charge in [-0.2, -0.15) is 4.98 Å². The number of benzene rings is 2. The van der Waals surface area contributed by atoms with Gasteiger partial charge < -0.3 is 25.6 Å². The summed E-state index contributed by atoms with van der Waals surface area (Å²) in [6.45, 7) is 0.655. The monoisotopic (exact) mass is 503 g/mol. The number of nitrogens with zero attached hydrogens (tertiary/aromatic N) is 4. The minimum absolute atomic E-state index is 0.256. The largest absolute Gasteiger partial charge is 0.497 e. The Kier molecular flexibility index (Phi) is 7.94. The average Bonchev–Trinajstić information content (AvgIpc) is 2.86. The minimum Gasteiger partial charge on any atom is -0.497 e. The summed E-state index contributed by atoms with van der Waals surface area (Å²) in [5.41, 5.74) is 2.73. The molecule has 0 atom stereocenters. The molecule has 0 saturated heterocycles. The summed E-state index contributed by atoms with van der Waals surface area (Å²) in [5.74, 6) is 1.04. The van der Waals surface area contributed by atoms with Crippen LogP contribution in [-0.4, -0.2) is 53.5 Å². The third-order valence-corrected chi connectivity index (χ3v) is 5.34.